The average Bonchev–Trinajstić information content (AvgIpc) is 1.89. The van der Waals surface area contributed by atoms with Crippen molar-refractivity contribution in [1.29, 1.82) is 0 Å². The molecule has 0 aliphatic heterocycles. The van der Waals surface area contributed by atoms with E-state index in [2.05, 4.69) is 10.5 Å². The van der Waals surface area contributed by atoms with Crippen molar-refractivity contribution in [3.63, 3.8) is 0 Å². The van der Waals surface area contributed by atoms with Crippen molar-refractivity contribution < 1.29 is 13.0 Å². The van der Waals surface area contributed by atoms with Crippen LogP contribution in [-0.2, 0) is 13.0 Å². The molecular formula is C5H13O3Si2. The highest BCUT2D eigenvalue weighted by molar-refractivity contribution is 6.62. The van der Waals surface area contributed by atoms with Crippen molar-refractivity contribution in [3.8, 4) is 0 Å². The normalized spacial score (nSPS) is 12.0. The molecule has 0 atom stereocenters. The summed E-state index contributed by atoms with van der Waals surface area (Å²) >= 11 is 0. The Morgan fingerprint density at radius 2 is 1.60 bits per heavy atom. The van der Waals surface area contributed by atoms with Gasteiger partial charge in [0.1, 0.15) is 0 Å². The van der Waals surface area contributed by atoms with Gasteiger partial charge in [0.05, 0.1) is 0 Å². The maximum absolute atomic E-state index is 5.26. The first kappa shape index (κ1) is 10.3. The summed E-state index contributed by atoms with van der Waals surface area (Å²) < 4.78 is 15.4. The molecule has 0 saturated heterocycles. The molecule has 5 heteroatoms. The molecule has 0 aliphatic carbocycles. The molecule has 59 valence electrons. The molecule has 0 unspecified atom stereocenters. The maximum atomic E-state index is 5.26. The summed E-state index contributed by atoms with van der Waals surface area (Å²) in [6.45, 7) is 6.90. The third-order valence-corrected chi connectivity index (χ3v) is 4.11. The first-order chi connectivity index (χ1) is 4.68. The van der Waals surface area contributed by atoms with Crippen LogP contribution in [0.15, 0.2) is 0 Å². The molecule has 0 heterocycles. The molecule has 0 aromatic heterocycles. The summed E-state index contributed by atoms with van der Waals surface area (Å²) in [6.07, 6.45) is 0. The molecule has 0 aliphatic rings. The molecule has 3 radical (unpaired) electrons. The fourth-order valence-corrected chi connectivity index (χ4v) is 2.23. The number of rotatable bonds is 5. The van der Waals surface area contributed by atoms with Gasteiger partial charge in [-0.1, -0.05) is 0 Å². The van der Waals surface area contributed by atoms with E-state index in [1.807, 2.05) is 20.4 Å². The van der Waals surface area contributed by atoms with Crippen LogP contribution in [0.25, 0.3) is 0 Å². The Balaban J connectivity index is 3.69. The average molecular weight is 177 g/mol. The van der Waals surface area contributed by atoms with Gasteiger partial charge in [0.2, 0.25) is 10.5 Å². The highest BCUT2D eigenvalue weighted by Gasteiger charge is 2.31. The highest BCUT2D eigenvalue weighted by Crippen LogP contribution is 2.05. The third kappa shape index (κ3) is 3.47. The maximum Gasteiger partial charge on any atom is 0.486 e. The van der Waals surface area contributed by atoms with Crippen molar-refractivity contribution in [3.05, 3.63) is 0 Å². The summed E-state index contributed by atoms with van der Waals surface area (Å²) in [5.41, 5.74) is 0. The van der Waals surface area contributed by atoms with Gasteiger partial charge in [-0.25, -0.2) is 0 Å². The fraction of sp³-hybridized carbons (Fsp3) is 1.00. The molecule has 0 aromatic rings. The lowest BCUT2D eigenvalue weighted by molar-refractivity contribution is 0.128. The van der Waals surface area contributed by atoms with Crippen LogP contribution in [0.5, 0.6) is 0 Å². The van der Waals surface area contributed by atoms with Crippen molar-refractivity contribution in [2.45, 2.75) is 20.4 Å². The van der Waals surface area contributed by atoms with Crippen molar-refractivity contribution in [2.75, 3.05) is 13.2 Å². The Bertz CT molecular complexity index is 83.0. The molecule has 0 amide bonds. The van der Waals surface area contributed by atoms with Crippen molar-refractivity contribution in [1.82, 2.24) is 0 Å². The molecule has 0 fully saturated rings. The van der Waals surface area contributed by atoms with E-state index in [-0.39, 0.29) is 0 Å². The molecule has 0 saturated carbocycles. The molecule has 0 rings (SSSR count). The SMILES string of the molecule is CCO[Si](C)(O[Si])OCC. The van der Waals surface area contributed by atoms with Crippen LogP contribution in [0, 0.1) is 0 Å². The van der Waals surface area contributed by atoms with Crippen LogP contribution in [-0.4, -0.2) is 32.5 Å². The van der Waals surface area contributed by atoms with Crippen molar-refractivity contribution >= 4 is 19.3 Å². The molecular weight excluding hydrogens is 164 g/mol. The molecule has 10 heavy (non-hydrogen) atoms. The molecule has 0 bridgehead atoms. The summed E-state index contributed by atoms with van der Waals surface area (Å²) in [5.74, 6) is 0. The van der Waals surface area contributed by atoms with Crippen LogP contribution in [0.1, 0.15) is 13.8 Å². The fourth-order valence-electron chi connectivity index (χ4n) is 0.625. The van der Waals surface area contributed by atoms with E-state index in [0.29, 0.717) is 13.2 Å². The van der Waals surface area contributed by atoms with E-state index in [0.717, 1.165) is 0 Å². The molecule has 0 aromatic carbocycles. The van der Waals surface area contributed by atoms with Gasteiger partial charge >= 0.3 is 8.80 Å². The zero-order valence-electron chi connectivity index (χ0n) is 6.64. The van der Waals surface area contributed by atoms with Crippen LogP contribution in [0.4, 0.5) is 0 Å². The predicted octanol–water partition coefficient (Wildman–Crippen LogP) is 0.728. The van der Waals surface area contributed by atoms with E-state index >= 15 is 0 Å². The van der Waals surface area contributed by atoms with Gasteiger partial charge in [0.25, 0.3) is 0 Å². The monoisotopic (exact) mass is 177 g/mol. The first-order valence-electron chi connectivity index (χ1n) is 3.31. The second-order valence-electron chi connectivity index (χ2n) is 1.83. The first-order valence-corrected chi connectivity index (χ1v) is 5.94. The van der Waals surface area contributed by atoms with Gasteiger partial charge in [-0.05, 0) is 13.8 Å². The minimum Gasteiger partial charge on any atom is -0.416 e. The van der Waals surface area contributed by atoms with Gasteiger partial charge in [-0.2, -0.15) is 0 Å². The lowest BCUT2D eigenvalue weighted by atomic mass is 10.9. The Morgan fingerprint density at radius 1 is 1.20 bits per heavy atom. The lowest BCUT2D eigenvalue weighted by Crippen LogP contribution is -2.41. The minimum absolute atomic E-state index is 0.618. The van der Waals surface area contributed by atoms with E-state index in [4.69, 9.17) is 13.0 Å². The quantitative estimate of drug-likeness (QED) is 0.579. The smallest absolute Gasteiger partial charge is 0.416 e. The third-order valence-electron chi connectivity index (χ3n) is 0.998. The Kier molecular flexibility index (Phi) is 5.19. The zero-order chi connectivity index (χ0) is 8.04. The van der Waals surface area contributed by atoms with Crippen molar-refractivity contribution in [2.24, 2.45) is 0 Å². The van der Waals surface area contributed by atoms with Gasteiger partial charge < -0.3 is 13.0 Å². The van der Waals surface area contributed by atoms with Gasteiger partial charge in [0, 0.05) is 19.8 Å². The van der Waals surface area contributed by atoms with E-state index in [9.17, 15) is 0 Å². The standard InChI is InChI=1S/C5H13O3Si2/c1-4-6-10(3,8-9)7-5-2/h4-5H2,1-3H3. The van der Waals surface area contributed by atoms with E-state index in [1.54, 1.807) is 0 Å². The lowest BCUT2D eigenvalue weighted by Gasteiger charge is -2.22. The van der Waals surface area contributed by atoms with Crippen LogP contribution < -0.4 is 0 Å². The minimum atomic E-state index is -2.31. The van der Waals surface area contributed by atoms with Crippen LogP contribution in [0.3, 0.4) is 0 Å². The summed E-state index contributed by atoms with van der Waals surface area (Å²) in [6, 6.07) is 0. The number of hydrogen-bond donors (Lipinski definition) is 0. The second kappa shape index (κ2) is 5.03. The zero-order valence-corrected chi connectivity index (χ0v) is 8.64. The van der Waals surface area contributed by atoms with E-state index in [1.165, 1.54) is 0 Å². The van der Waals surface area contributed by atoms with Gasteiger partial charge in [-0.3, -0.25) is 0 Å². The Labute approximate surface area is 66.6 Å². The van der Waals surface area contributed by atoms with E-state index < -0.39 is 8.80 Å². The highest BCUT2D eigenvalue weighted by atomic mass is 28.4. The van der Waals surface area contributed by atoms with Gasteiger partial charge in [0.15, 0.2) is 0 Å². The van der Waals surface area contributed by atoms with Gasteiger partial charge in [-0.15, -0.1) is 0 Å². The summed E-state index contributed by atoms with van der Waals surface area (Å²) in [5, 5.41) is 0. The Hall–Kier alpha value is 0.314. The molecule has 0 spiro atoms. The predicted molar refractivity (Wildman–Crippen MR) is 41.7 cm³/mol. The Morgan fingerprint density at radius 3 is 1.80 bits per heavy atom. The number of hydrogen-bond acceptors (Lipinski definition) is 3. The summed E-state index contributed by atoms with van der Waals surface area (Å²) in [4.78, 5) is 0. The summed E-state index contributed by atoms with van der Waals surface area (Å²) in [7, 11) is 0.623. The van der Waals surface area contributed by atoms with Crippen LogP contribution >= 0.6 is 0 Å². The molecule has 0 N–H and O–H groups in total. The topological polar surface area (TPSA) is 27.7 Å². The second-order valence-corrected chi connectivity index (χ2v) is 4.95. The largest absolute Gasteiger partial charge is 0.486 e. The molecule has 3 nitrogen and oxygen atoms in total. The van der Waals surface area contributed by atoms with Crippen LogP contribution in [0.2, 0.25) is 6.55 Å².